The number of rotatable bonds is 6. The first kappa shape index (κ1) is 24.0. The van der Waals surface area contributed by atoms with Crippen molar-refractivity contribution in [2.45, 2.75) is 24.8 Å². The Bertz CT molecular complexity index is 1340. The molecule has 0 radical (unpaired) electrons. The molecule has 10 heteroatoms. The maximum Gasteiger partial charge on any atom is 0.225 e. The molecule has 0 amide bonds. The summed E-state index contributed by atoms with van der Waals surface area (Å²) < 4.78 is 35.2. The van der Waals surface area contributed by atoms with Gasteiger partial charge in [0.05, 0.1) is 29.2 Å². The van der Waals surface area contributed by atoms with Crippen LogP contribution in [0.3, 0.4) is 0 Å². The Kier molecular flexibility index (Phi) is 6.60. The SMILES string of the molecule is N[C@H]1CN(c2ncc(OCC3CCN(c4nc5ccccc5s4)CC3)cn2)C[C@@H]1c1cc(F)ccc1F. The summed E-state index contributed by atoms with van der Waals surface area (Å²) in [4.78, 5) is 17.9. The first-order valence-corrected chi connectivity index (χ1v) is 13.4. The lowest BCUT2D eigenvalue weighted by Gasteiger charge is -2.31. The standard InChI is InChI=1S/C27H28F2N6OS/c28-18-5-6-22(29)20(11-18)21-14-35(15-23(21)30)26-31-12-19(13-32-26)36-16-17-7-9-34(10-8-17)27-33-24-3-1-2-4-25(24)37-27/h1-6,11-13,17,21,23H,7-10,14-16,30H2/t21-,23+/m1/s1. The van der Waals surface area contributed by atoms with Crippen molar-refractivity contribution >= 4 is 32.6 Å². The zero-order valence-corrected chi connectivity index (χ0v) is 21.1. The van der Waals surface area contributed by atoms with E-state index in [2.05, 4.69) is 33.1 Å². The van der Waals surface area contributed by atoms with E-state index in [9.17, 15) is 8.78 Å². The maximum atomic E-state index is 14.3. The van der Waals surface area contributed by atoms with E-state index in [0.717, 1.165) is 48.7 Å². The summed E-state index contributed by atoms with van der Waals surface area (Å²) in [6, 6.07) is 11.4. The van der Waals surface area contributed by atoms with Crippen molar-refractivity contribution in [3.05, 3.63) is 72.1 Å². The Labute approximate surface area is 217 Å². The minimum atomic E-state index is -0.470. The predicted molar refractivity (Wildman–Crippen MR) is 141 cm³/mol. The molecule has 2 aliphatic rings. The third kappa shape index (κ3) is 5.08. The van der Waals surface area contributed by atoms with Gasteiger partial charge in [-0.3, -0.25) is 0 Å². The topological polar surface area (TPSA) is 80.4 Å². The second kappa shape index (κ2) is 10.2. The van der Waals surface area contributed by atoms with Crippen molar-refractivity contribution in [2.75, 3.05) is 42.6 Å². The lowest BCUT2D eigenvalue weighted by atomic mass is 9.94. The van der Waals surface area contributed by atoms with Crippen LogP contribution < -0.4 is 20.3 Å². The van der Waals surface area contributed by atoms with Crippen LogP contribution in [0.5, 0.6) is 5.75 Å². The van der Waals surface area contributed by atoms with Crippen LogP contribution in [-0.4, -0.2) is 53.8 Å². The van der Waals surface area contributed by atoms with E-state index in [1.807, 2.05) is 11.0 Å². The average molecular weight is 523 g/mol. The third-order valence-corrected chi connectivity index (χ3v) is 8.37. The highest BCUT2D eigenvalue weighted by molar-refractivity contribution is 7.22. The number of thiazole rings is 1. The molecule has 0 saturated carbocycles. The van der Waals surface area contributed by atoms with Gasteiger partial charge >= 0.3 is 0 Å². The van der Waals surface area contributed by atoms with E-state index in [4.69, 9.17) is 15.5 Å². The first-order chi connectivity index (χ1) is 18.0. The number of halogens is 2. The number of fused-ring (bicyclic) bond motifs is 1. The summed E-state index contributed by atoms with van der Waals surface area (Å²) in [6.07, 6.45) is 5.41. The predicted octanol–water partition coefficient (Wildman–Crippen LogP) is 4.59. The van der Waals surface area contributed by atoms with Gasteiger partial charge in [0, 0.05) is 38.1 Å². The van der Waals surface area contributed by atoms with Crippen LogP contribution >= 0.6 is 11.3 Å². The van der Waals surface area contributed by atoms with Gasteiger partial charge in [-0.1, -0.05) is 23.5 Å². The molecule has 192 valence electrons. The minimum absolute atomic E-state index is 0.295. The Morgan fingerprint density at radius 1 is 1.00 bits per heavy atom. The quantitative estimate of drug-likeness (QED) is 0.397. The Morgan fingerprint density at radius 2 is 1.78 bits per heavy atom. The molecule has 2 fully saturated rings. The molecule has 0 spiro atoms. The molecule has 2 aromatic heterocycles. The van der Waals surface area contributed by atoms with Gasteiger partial charge in [0.15, 0.2) is 10.9 Å². The number of benzene rings is 2. The summed E-state index contributed by atoms with van der Waals surface area (Å²) in [6.45, 7) is 3.44. The van der Waals surface area contributed by atoms with Gasteiger partial charge in [0.1, 0.15) is 11.6 Å². The minimum Gasteiger partial charge on any atom is -0.490 e. The number of ether oxygens (including phenoxy) is 1. The fraction of sp³-hybridized carbons (Fsp3) is 0.370. The van der Waals surface area contributed by atoms with Crippen LogP contribution in [0, 0.1) is 17.6 Å². The lowest BCUT2D eigenvalue weighted by molar-refractivity contribution is 0.221. The highest BCUT2D eigenvalue weighted by Crippen LogP contribution is 2.33. The molecule has 2 atom stereocenters. The van der Waals surface area contributed by atoms with Crippen molar-refractivity contribution in [2.24, 2.45) is 11.7 Å². The summed E-state index contributed by atoms with van der Waals surface area (Å²) in [5.41, 5.74) is 7.62. The summed E-state index contributed by atoms with van der Waals surface area (Å²) in [7, 11) is 0. The largest absolute Gasteiger partial charge is 0.490 e. The van der Waals surface area contributed by atoms with Crippen LogP contribution in [0.2, 0.25) is 0 Å². The number of hydrogen-bond acceptors (Lipinski definition) is 8. The summed E-state index contributed by atoms with van der Waals surface area (Å²) >= 11 is 1.75. The number of para-hydroxylation sites is 1. The van der Waals surface area contributed by atoms with E-state index < -0.39 is 11.6 Å². The fourth-order valence-electron chi connectivity index (χ4n) is 5.17. The monoisotopic (exact) mass is 522 g/mol. The Balaban J connectivity index is 1.01. The van der Waals surface area contributed by atoms with Gasteiger partial charge in [-0.2, -0.15) is 0 Å². The number of anilines is 2. The molecule has 4 aromatic rings. The second-order valence-corrected chi connectivity index (χ2v) is 10.8. The van der Waals surface area contributed by atoms with Gasteiger partial charge in [0.2, 0.25) is 5.95 Å². The first-order valence-electron chi connectivity index (χ1n) is 12.5. The van der Waals surface area contributed by atoms with Crippen molar-refractivity contribution in [1.29, 1.82) is 0 Å². The molecule has 0 unspecified atom stereocenters. The van der Waals surface area contributed by atoms with Gasteiger partial charge in [-0.15, -0.1) is 0 Å². The molecule has 2 aromatic carbocycles. The summed E-state index contributed by atoms with van der Waals surface area (Å²) in [5, 5.41) is 1.09. The van der Waals surface area contributed by atoms with Gasteiger partial charge in [0.25, 0.3) is 0 Å². The second-order valence-electron chi connectivity index (χ2n) is 9.77. The van der Waals surface area contributed by atoms with Gasteiger partial charge in [-0.05, 0) is 54.7 Å². The van der Waals surface area contributed by atoms with E-state index in [1.54, 1.807) is 23.7 Å². The van der Waals surface area contributed by atoms with Crippen LogP contribution in [0.4, 0.5) is 19.9 Å². The molecule has 37 heavy (non-hydrogen) atoms. The average Bonchev–Trinajstić information content (AvgIpc) is 3.53. The Hall–Kier alpha value is -3.37. The Morgan fingerprint density at radius 3 is 2.57 bits per heavy atom. The maximum absolute atomic E-state index is 14.3. The number of hydrogen-bond donors (Lipinski definition) is 1. The van der Waals surface area contributed by atoms with Crippen molar-refractivity contribution in [3.8, 4) is 5.75 Å². The lowest BCUT2D eigenvalue weighted by Crippen LogP contribution is -2.35. The number of piperidine rings is 1. The highest BCUT2D eigenvalue weighted by Gasteiger charge is 2.34. The molecule has 2 aliphatic heterocycles. The number of nitrogens with two attached hydrogens (primary N) is 1. The fourth-order valence-corrected chi connectivity index (χ4v) is 6.18. The molecule has 6 rings (SSSR count). The van der Waals surface area contributed by atoms with E-state index in [0.29, 0.717) is 42.9 Å². The van der Waals surface area contributed by atoms with Crippen LogP contribution in [0.15, 0.2) is 54.9 Å². The third-order valence-electron chi connectivity index (χ3n) is 7.27. The highest BCUT2D eigenvalue weighted by atomic mass is 32.1. The molecule has 7 nitrogen and oxygen atoms in total. The molecular formula is C27H28F2N6OS. The zero-order chi connectivity index (χ0) is 25.4. The van der Waals surface area contributed by atoms with Gasteiger partial charge < -0.3 is 20.3 Å². The molecule has 2 saturated heterocycles. The molecule has 4 heterocycles. The van der Waals surface area contributed by atoms with Crippen LogP contribution in [-0.2, 0) is 0 Å². The van der Waals surface area contributed by atoms with Crippen LogP contribution in [0.1, 0.15) is 24.3 Å². The van der Waals surface area contributed by atoms with Crippen molar-refractivity contribution < 1.29 is 13.5 Å². The van der Waals surface area contributed by atoms with E-state index in [1.165, 1.54) is 10.8 Å². The molecule has 0 bridgehead atoms. The number of aromatic nitrogens is 3. The molecule has 2 N–H and O–H groups in total. The van der Waals surface area contributed by atoms with Crippen LogP contribution in [0.25, 0.3) is 10.2 Å². The number of nitrogens with zero attached hydrogens (tertiary/aromatic N) is 5. The molecular weight excluding hydrogens is 494 g/mol. The van der Waals surface area contributed by atoms with Crippen molar-refractivity contribution in [1.82, 2.24) is 15.0 Å². The summed E-state index contributed by atoms with van der Waals surface area (Å²) in [5.74, 6) is 0.342. The van der Waals surface area contributed by atoms with E-state index in [-0.39, 0.29) is 12.0 Å². The normalized spacial score (nSPS) is 20.6. The zero-order valence-electron chi connectivity index (χ0n) is 20.3. The van der Waals surface area contributed by atoms with Crippen molar-refractivity contribution in [3.63, 3.8) is 0 Å². The molecule has 0 aliphatic carbocycles. The smallest absolute Gasteiger partial charge is 0.225 e. The van der Waals surface area contributed by atoms with E-state index >= 15 is 0 Å². The van der Waals surface area contributed by atoms with Gasteiger partial charge in [-0.25, -0.2) is 23.7 Å².